The molecule has 1 unspecified atom stereocenters. The third-order valence-electron chi connectivity index (χ3n) is 5.32. The highest BCUT2D eigenvalue weighted by Crippen LogP contribution is 2.37. The lowest BCUT2D eigenvalue weighted by Crippen LogP contribution is -2.20. The first kappa shape index (κ1) is 26.3. The third kappa shape index (κ3) is 7.14. The Bertz CT molecular complexity index is 1430. The highest BCUT2D eigenvalue weighted by atomic mass is 32.2. The standard InChI is InChI=1S/C29H24N2O6S/c32-25-15-14-21(17-24(25)29(35)36)31-28(34)27(19-8-3-1-4-9-19)38-23-13-7-10-20(16-23)30-26(33)18-37-22-11-5-2-6-12-22/h1-17,27,32H,18H2,(H,30,33)(H,31,34)(H,35,36). The lowest BCUT2D eigenvalue weighted by atomic mass is 10.1. The molecule has 0 bridgehead atoms. The molecule has 4 aromatic rings. The number of hydrogen-bond donors (Lipinski definition) is 4. The number of ether oxygens (including phenoxy) is 1. The third-order valence-corrected chi connectivity index (χ3v) is 6.57. The quantitative estimate of drug-likeness (QED) is 0.156. The number of para-hydroxylation sites is 1. The molecule has 0 aliphatic carbocycles. The van der Waals surface area contributed by atoms with Gasteiger partial charge in [0.1, 0.15) is 22.3 Å². The van der Waals surface area contributed by atoms with Crippen molar-refractivity contribution in [3.05, 3.63) is 114 Å². The molecule has 4 aromatic carbocycles. The number of carbonyl (C=O) groups excluding carboxylic acids is 2. The molecule has 0 aromatic heterocycles. The number of amides is 2. The fourth-order valence-corrected chi connectivity index (χ4v) is 4.62. The number of carboxylic acids is 1. The number of carbonyl (C=O) groups is 3. The summed E-state index contributed by atoms with van der Waals surface area (Å²) in [6, 6.07) is 29.1. The number of aromatic hydroxyl groups is 1. The van der Waals surface area contributed by atoms with Gasteiger partial charge in [-0.2, -0.15) is 0 Å². The van der Waals surface area contributed by atoms with Crippen molar-refractivity contribution in [2.24, 2.45) is 0 Å². The largest absolute Gasteiger partial charge is 0.507 e. The van der Waals surface area contributed by atoms with Crippen LogP contribution in [-0.2, 0) is 9.59 Å². The molecule has 192 valence electrons. The number of anilines is 2. The van der Waals surface area contributed by atoms with Gasteiger partial charge in [0.25, 0.3) is 5.91 Å². The van der Waals surface area contributed by atoms with Gasteiger partial charge in [0.15, 0.2) is 6.61 Å². The summed E-state index contributed by atoms with van der Waals surface area (Å²) >= 11 is 1.27. The van der Waals surface area contributed by atoms with E-state index in [0.29, 0.717) is 11.4 Å². The Morgan fingerprint density at radius 1 is 0.789 bits per heavy atom. The van der Waals surface area contributed by atoms with Crippen LogP contribution in [0.2, 0.25) is 0 Å². The molecule has 0 spiro atoms. The maximum Gasteiger partial charge on any atom is 0.339 e. The van der Waals surface area contributed by atoms with E-state index in [1.54, 1.807) is 30.3 Å². The Kier molecular flexibility index (Phi) is 8.63. The summed E-state index contributed by atoms with van der Waals surface area (Å²) in [5, 5.41) is 23.9. The summed E-state index contributed by atoms with van der Waals surface area (Å²) in [6.07, 6.45) is 0. The molecular weight excluding hydrogens is 504 g/mol. The first-order chi connectivity index (χ1) is 18.4. The van der Waals surface area contributed by atoms with Gasteiger partial charge in [0, 0.05) is 16.3 Å². The Morgan fingerprint density at radius 3 is 2.18 bits per heavy atom. The molecule has 0 radical (unpaired) electrons. The van der Waals surface area contributed by atoms with Crippen molar-refractivity contribution in [3.63, 3.8) is 0 Å². The first-order valence-corrected chi connectivity index (χ1v) is 12.4. The average molecular weight is 529 g/mol. The molecule has 2 amide bonds. The van der Waals surface area contributed by atoms with Crippen LogP contribution in [0.1, 0.15) is 21.2 Å². The smallest absolute Gasteiger partial charge is 0.339 e. The van der Waals surface area contributed by atoms with Crippen molar-refractivity contribution < 1.29 is 29.3 Å². The summed E-state index contributed by atoms with van der Waals surface area (Å²) in [4.78, 5) is 37.8. The van der Waals surface area contributed by atoms with Crippen LogP contribution in [0.15, 0.2) is 108 Å². The summed E-state index contributed by atoms with van der Waals surface area (Å²) in [5.41, 5.74) is 1.21. The van der Waals surface area contributed by atoms with Crippen LogP contribution < -0.4 is 15.4 Å². The van der Waals surface area contributed by atoms with Crippen LogP contribution in [0.5, 0.6) is 11.5 Å². The van der Waals surface area contributed by atoms with Crippen molar-refractivity contribution in [1.29, 1.82) is 0 Å². The molecule has 38 heavy (non-hydrogen) atoms. The highest BCUT2D eigenvalue weighted by molar-refractivity contribution is 8.00. The maximum absolute atomic E-state index is 13.3. The number of phenols is 1. The van der Waals surface area contributed by atoms with Crippen molar-refractivity contribution in [3.8, 4) is 11.5 Å². The first-order valence-electron chi connectivity index (χ1n) is 11.6. The number of rotatable bonds is 10. The van der Waals surface area contributed by atoms with Gasteiger partial charge in [-0.3, -0.25) is 9.59 Å². The predicted octanol–water partition coefficient (Wildman–Crippen LogP) is 5.58. The van der Waals surface area contributed by atoms with E-state index in [-0.39, 0.29) is 29.7 Å². The predicted molar refractivity (Wildman–Crippen MR) is 146 cm³/mol. The number of benzene rings is 4. The second kappa shape index (κ2) is 12.5. The van der Waals surface area contributed by atoms with E-state index in [2.05, 4.69) is 10.6 Å². The summed E-state index contributed by atoms with van der Waals surface area (Å²) in [6.45, 7) is -0.151. The Hall–Kier alpha value is -4.76. The highest BCUT2D eigenvalue weighted by Gasteiger charge is 2.23. The molecule has 0 aliphatic heterocycles. The number of hydrogen-bond acceptors (Lipinski definition) is 6. The van der Waals surface area contributed by atoms with Gasteiger partial charge in [-0.1, -0.05) is 54.6 Å². The Morgan fingerprint density at radius 2 is 1.47 bits per heavy atom. The minimum Gasteiger partial charge on any atom is -0.507 e. The molecule has 0 aliphatic rings. The molecule has 0 fully saturated rings. The molecule has 0 heterocycles. The number of thioether (sulfide) groups is 1. The van der Waals surface area contributed by atoms with Gasteiger partial charge in [0.2, 0.25) is 5.91 Å². The number of carboxylic acid groups (broad SMARTS) is 1. The van der Waals surface area contributed by atoms with Crippen LogP contribution in [0, 0.1) is 0 Å². The lowest BCUT2D eigenvalue weighted by molar-refractivity contribution is -0.118. The molecule has 0 saturated carbocycles. The van der Waals surface area contributed by atoms with Gasteiger partial charge >= 0.3 is 5.97 Å². The molecule has 0 saturated heterocycles. The molecule has 8 nitrogen and oxygen atoms in total. The normalized spacial score (nSPS) is 11.3. The van der Waals surface area contributed by atoms with Gasteiger partial charge < -0.3 is 25.6 Å². The average Bonchev–Trinajstić information content (AvgIpc) is 2.92. The van der Waals surface area contributed by atoms with E-state index in [0.717, 1.165) is 10.5 Å². The molecular formula is C29H24N2O6S. The zero-order valence-electron chi connectivity index (χ0n) is 20.0. The fraction of sp³-hybridized carbons (Fsp3) is 0.0690. The molecule has 4 N–H and O–H groups in total. The van der Waals surface area contributed by atoms with Crippen LogP contribution in [-0.4, -0.2) is 34.6 Å². The Balaban J connectivity index is 1.48. The van der Waals surface area contributed by atoms with Gasteiger partial charge in [0.05, 0.1) is 0 Å². The second-order valence-electron chi connectivity index (χ2n) is 8.11. The topological polar surface area (TPSA) is 125 Å². The minimum absolute atomic E-state index is 0.151. The van der Waals surface area contributed by atoms with Crippen molar-refractivity contribution in [2.45, 2.75) is 10.1 Å². The second-order valence-corrected chi connectivity index (χ2v) is 9.29. The molecule has 9 heteroatoms. The summed E-state index contributed by atoms with van der Waals surface area (Å²) in [5.74, 6) is -1.81. The number of nitrogens with one attached hydrogen (secondary N) is 2. The van der Waals surface area contributed by atoms with Crippen molar-refractivity contribution >= 4 is 40.9 Å². The van der Waals surface area contributed by atoms with E-state index in [1.807, 2.05) is 54.6 Å². The summed E-state index contributed by atoms with van der Waals surface area (Å²) < 4.78 is 5.49. The maximum atomic E-state index is 13.3. The Labute approximate surface area is 223 Å². The van der Waals surface area contributed by atoms with E-state index in [4.69, 9.17) is 4.74 Å². The minimum atomic E-state index is -1.30. The molecule has 4 rings (SSSR count). The van der Waals surface area contributed by atoms with Crippen molar-refractivity contribution in [2.75, 3.05) is 17.2 Å². The van der Waals surface area contributed by atoms with E-state index in [1.165, 1.54) is 30.0 Å². The van der Waals surface area contributed by atoms with E-state index in [9.17, 15) is 24.6 Å². The lowest BCUT2D eigenvalue weighted by Gasteiger charge is -2.18. The van der Waals surface area contributed by atoms with Crippen molar-refractivity contribution in [1.82, 2.24) is 0 Å². The monoisotopic (exact) mass is 528 g/mol. The molecule has 1 atom stereocenters. The summed E-state index contributed by atoms with van der Waals surface area (Å²) in [7, 11) is 0. The number of aromatic carboxylic acids is 1. The van der Waals surface area contributed by atoms with E-state index < -0.39 is 17.0 Å². The van der Waals surface area contributed by atoms with Crippen LogP contribution in [0.25, 0.3) is 0 Å². The zero-order valence-corrected chi connectivity index (χ0v) is 20.9. The zero-order chi connectivity index (χ0) is 26.9. The SMILES string of the molecule is O=C(COc1ccccc1)Nc1cccc(SC(C(=O)Nc2ccc(O)c(C(=O)O)c2)c2ccccc2)c1. The van der Waals surface area contributed by atoms with Crippen LogP contribution >= 0.6 is 11.8 Å². The fourth-order valence-electron chi connectivity index (χ4n) is 3.54. The van der Waals surface area contributed by atoms with Crippen LogP contribution in [0.4, 0.5) is 11.4 Å². The van der Waals surface area contributed by atoms with Gasteiger partial charge in [-0.15, -0.1) is 11.8 Å². The van der Waals surface area contributed by atoms with E-state index >= 15 is 0 Å². The van der Waals surface area contributed by atoms with Gasteiger partial charge in [-0.25, -0.2) is 4.79 Å². The van der Waals surface area contributed by atoms with Crippen LogP contribution in [0.3, 0.4) is 0 Å². The van der Waals surface area contributed by atoms with Gasteiger partial charge in [-0.05, 0) is 54.1 Å².